The van der Waals surface area contributed by atoms with Crippen LogP contribution in [0, 0.1) is 0 Å². The van der Waals surface area contributed by atoms with Gasteiger partial charge >= 0.3 is 0 Å². The minimum absolute atomic E-state index is 0.360. The van der Waals surface area contributed by atoms with Crippen LogP contribution in [0.25, 0.3) is 10.2 Å². The molecule has 0 saturated carbocycles. The van der Waals surface area contributed by atoms with Gasteiger partial charge in [-0.25, -0.2) is 4.98 Å². The van der Waals surface area contributed by atoms with Crippen LogP contribution in [-0.2, 0) is 6.54 Å². The van der Waals surface area contributed by atoms with Gasteiger partial charge in [-0.15, -0.1) is 11.3 Å². The number of piperidine rings is 1. The van der Waals surface area contributed by atoms with E-state index in [0.717, 1.165) is 52.5 Å². The molecular weight excluding hydrogens is 408 g/mol. The normalized spacial score (nSPS) is 16.4. The van der Waals surface area contributed by atoms with Crippen molar-refractivity contribution in [3.63, 3.8) is 0 Å². The number of hydrogen-bond acceptors (Lipinski definition) is 8. The molecule has 1 fully saturated rings. The van der Waals surface area contributed by atoms with Gasteiger partial charge < -0.3 is 26.8 Å². The Labute approximate surface area is 187 Å². The van der Waals surface area contributed by atoms with Gasteiger partial charge in [0.25, 0.3) is 0 Å². The van der Waals surface area contributed by atoms with Crippen LogP contribution < -0.4 is 21.7 Å². The van der Waals surface area contributed by atoms with Gasteiger partial charge in [-0.3, -0.25) is 4.98 Å². The first kappa shape index (κ1) is 22.0. The highest BCUT2D eigenvalue weighted by atomic mass is 32.1. The number of aliphatic hydroxyl groups excluding tert-OH is 1. The summed E-state index contributed by atoms with van der Waals surface area (Å²) in [7, 11) is 0. The molecule has 1 aliphatic rings. The van der Waals surface area contributed by atoms with Crippen molar-refractivity contribution in [1.29, 1.82) is 0 Å². The van der Waals surface area contributed by atoms with Crippen molar-refractivity contribution < 1.29 is 5.11 Å². The quantitative estimate of drug-likeness (QED) is 0.446. The topological polar surface area (TPSA) is 113 Å². The lowest BCUT2D eigenvalue weighted by molar-refractivity contribution is 0.162. The standard InChI is InChI=1S/C23H32N6OS/c1-14(2)16-11-20(28-23-21(16)22(25)19(12-24)31-23)29-9-6-15(7-10-29)27-13-18(30)17-5-3-4-8-26-17/h3-5,8,11,14-15,18,27,30H,6-7,9-10,12-13,24-25H2,1-2H3. The number of aliphatic hydroxyl groups is 1. The summed E-state index contributed by atoms with van der Waals surface area (Å²) in [6, 6.07) is 8.20. The number of hydrogen-bond donors (Lipinski definition) is 4. The second-order valence-electron chi connectivity index (χ2n) is 8.49. The van der Waals surface area contributed by atoms with Gasteiger partial charge in [-0.2, -0.15) is 0 Å². The highest BCUT2D eigenvalue weighted by Crippen LogP contribution is 2.39. The minimum Gasteiger partial charge on any atom is -0.397 e. The van der Waals surface area contributed by atoms with E-state index in [1.54, 1.807) is 17.5 Å². The maximum Gasteiger partial charge on any atom is 0.130 e. The number of fused-ring (bicyclic) bond motifs is 1. The average molecular weight is 441 g/mol. The molecule has 3 aromatic rings. The Bertz CT molecular complexity index is 1010. The van der Waals surface area contributed by atoms with Crippen LogP contribution in [0.5, 0.6) is 0 Å². The van der Waals surface area contributed by atoms with Gasteiger partial charge in [0.05, 0.1) is 11.4 Å². The second-order valence-corrected chi connectivity index (χ2v) is 9.57. The van der Waals surface area contributed by atoms with E-state index >= 15 is 0 Å². The Morgan fingerprint density at radius 3 is 2.71 bits per heavy atom. The molecule has 6 N–H and O–H groups in total. The summed E-state index contributed by atoms with van der Waals surface area (Å²) in [5.74, 6) is 1.38. The van der Waals surface area contributed by atoms with Gasteiger partial charge in [0.1, 0.15) is 16.8 Å². The Morgan fingerprint density at radius 1 is 1.29 bits per heavy atom. The second kappa shape index (κ2) is 9.48. The van der Waals surface area contributed by atoms with Gasteiger partial charge in [-0.1, -0.05) is 19.9 Å². The fourth-order valence-corrected chi connectivity index (χ4v) is 5.22. The molecule has 4 heterocycles. The minimum atomic E-state index is -0.585. The summed E-state index contributed by atoms with van der Waals surface area (Å²) >= 11 is 1.61. The summed E-state index contributed by atoms with van der Waals surface area (Å²) in [5, 5.41) is 14.9. The van der Waals surface area contributed by atoms with E-state index in [4.69, 9.17) is 16.5 Å². The number of aromatic nitrogens is 2. The van der Waals surface area contributed by atoms with Crippen molar-refractivity contribution in [3.8, 4) is 0 Å². The SMILES string of the molecule is CC(C)c1cc(N2CCC(NCC(O)c3ccccn3)CC2)nc2sc(CN)c(N)c12. The number of anilines is 2. The molecule has 0 radical (unpaired) electrons. The Kier molecular flexibility index (Phi) is 6.71. The van der Waals surface area contributed by atoms with Crippen LogP contribution in [0.2, 0.25) is 0 Å². The first-order valence-electron chi connectivity index (χ1n) is 11.0. The first-order valence-corrected chi connectivity index (χ1v) is 11.8. The number of nitrogen functional groups attached to an aromatic ring is 1. The molecule has 0 bridgehead atoms. The van der Waals surface area contributed by atoms with Crippen LogP contribution in [0.1, 0.15) is 54.8 Å². The van der Waals surface area contributed by atoms with Gasteiger partial charge in [0.2, 0.25) is 0 Å². The largest absolute Gasteiger partial charge is 0.397 e. The first-order chi connectivity index (χ1) is 15.0. The zero-order chi connectivity index (χ0) is 22.0. The van der Waals surface area contributed by atoms with Gasteiger partial charge in [0, 0.05) is 48.7 Å². The van der Waals surface area contributed by atoms with Crippen LogP contribution >= 0.6 is 11.3 Å². The molecule has 31 heavy (non-hydrogen) atoms. The summed E-state index contributed by atoms with van der Waals surface area (Å²) in [4.78, 5) is 13.5. The predicted molar refractivity (Wildman–Crippen MR) is 128 cm³/mol. The summed E-state index contributed by atoms with van der Waals surface area (Å²) in [5.41, 5.74) is 15.0. The zero-order valence-corrected chi connectivity index (χ0v) is 19.0. The molecule has 7 nitrogen and oxygen atoms in total. The van der Waals surface area contributed by atoms with E-state index < -0.39 is 6.10 Å². The van der Waals surface area contributed by atoms with E-state index in [2.05, 4.69) is 35.1 Å². The Hall–Kier alpha value is -2.26. The monoisotopic (exact) mass is 440 g/mol. The molecule has 1 atom stereocenters. The fourth-order valence-electron chi connectivity index (χ4n) is 4.22. The highest BCUT2D eigenvalue weighted by molar-refractivity contribution is 7.19. The molecule has 1 unspecified atom stereocenters. The molecule has 3 aromatic heterocycles. The van der Waals surface area contributed by atoms with Crippen molar-refractivity contribution in [2.24, 2.45) is 5.73 Å². The number of pyridine rings is 2. The summed E-state index contributed by atoms with van der Waals surface area (Å²) in [6.45, 7) is 7.21. The number of rotatable bonds is 7. The zero-order valence-electron chi connectivity index (χ0n) is 18.2. The molecule has 8 heteroatoms. The van der Waals surface area contributed by atoms with Crippen LogP contribution in [0.3, 0.4) is 0 Å². The molecule has 0 aliphatic carbocycles. The van der Waals surface area contributed by atoms with Crippen molar-refractivity contribution in [2.45, 2.75) is 51.3 Å². The third kappa shape index (κ3) is 4.67. The van der Waals surface area contributed by atoms with Crippen molar-refractivity contribution in [3.05, 3.63) is 46.6 Å². The number of nitrogens with zero attached hydrogens (tertiary/aromatic N) is 3. The van der Waals surface area contributed by atoms with Crippen molar-refractivity contribution in [1.82, 2.24) is 15.3 Å². The van der Waals surface area contributed by atoms with E-state index in [9.17, 15) is 5.11 Å². The lowest BCUT2D eigenvalue weighted by Gasteiger charge is -2.34. The fraction of sp³-hybridized carbons (Fsp3) is 0.478. The van der Waals surface area contributed by atoms with Gasteiger partial charge in [0.15, 0.2) is 0 Å². The van der Waals surface area contributed by atoms with Crippen LogP contribution in [0.15, 0.2) is 30.5 Å². The lowest BCUT2D eigenvalue weighted by Crippen LogP contribution is -2.44. The molecule has 1 aliphatic heterocycles. The number of thiophene rings is 1. The van der Waals surface area contributed by atoms with Crippen molar-refractivity contribution >= 4 is 33.1 Å². The Balaban J connectivity index is 1.42. The third-order valence-corrected chi connectivity index (χ3v) is 7.17. The molecule has 0 amide bonds. The molecular formula is C23H32N6OS. The maximum atomic E-state index is 10.3. The van der Waals surface area contributed by atoms with Crippen LogP contribution in [-0.4, -0.2) is 40.8 Å². The maximum absolute atomic E-state index is 10.3. The molecule has 166 valence electrons. The average Bonchev–Trinajstić information content (AvgIpc) is 3.13. The van der Waals surface area contributed by atoms with Crippen LogP contribution in [0.4, 0.5) is 11.5 Å². The molecule has 4 rings (SSSR count). The lowest BCUT2D eigenvalue weighted by atomic mass is 9.99. The number of nitrogens with one attached hydrogen (secondary N) is 1. The summed E-state index contributed by atoms with van der Waals surface area (Å²) in [6.07, 6.45) is 3.14. The smallest absolute Gasteiger partial charge is 0.130 e. The van der Waals surface area contributed by atoms with Gasteiger partial charge in [-0.05, 0) is 42.5 Å². The predicted octanol–water partition coefficient (Wildman–Crippen LogP) is 3.15. The van der Waals surface area contributed by atoms with E-state index in [1.165, 1.54) is 5.56 Å². The third-order valence-electron chi connectivity index (χ3n) is 6.05. The van der Waals surface area contributed by atoms with E-state index in [0.29, 0.717) is 30.7 Å². The summed E-state index contributed by atoms with van der Waals surface area (Å²) < 4.78 is 0. The van der Waals surface area contributed by atoms with Crippen molar-refractivity contribution in [2.75, 3.05) is 30.3 Å². The Morgan fingerprint density at radius 2 is 2.06 bits per heavy atom. The van der Waals surface area contributed by atoms with E-state index in [1.807, 2.05) is 18.2 Å². The number of nitrogens with two attached hydrogens (primary N) is 2. The highest BCUT2D eigenvalue weighted by Gasteiger charge is 2.24. The molecule has 1 saturated heterocycles. The molecule has 0 aromatic carbocycles. The molecule has 0 spiro atoms. The van der Waals surface area contributed by atoms with E-state index in [-0.39, 0.29) is 0 Å².